The molecule has 0 saturated heterocycles. The number of rotatable bonds is 0. The molecule has 0 saturated carbocycles. The van der Waals surface area contributed by atoms with Gasteiger partial charge in [-0.1, -0.05) is 0 Å². The third kappa shape index (κ3) is 10.4. The standard InChI is InChI=1S/Mo.Na.2O. The van der Waals surface area contributed by atoms with Crippen molar-refractivity contribution in [3.05, 3.63) is 0 Å². The molecule has 0 atom stereocenters. The average Bonchev–Trinajstić information content (AvgIpc) is 0.918. The molecule has 0 aromatic heterocycles. The molecule has 0 aliphatic heterocycles. The summed E-state index contributed by atoms with van der Waals surface area (Å²) in [4.78, 5) is 0. The first-order valence-electron chi connectivity index (χ1n) is 0.333. The minimum absolute atomic E-state index is 0. The Balaban J connectivity index is 0. The predicted molar refractivity (Wildman–Crippen MR) is 7.13 cm³/mol. The molecule has 0 spiro atoms. The zero-order chi connectivity index (χ0) is 2.71. The van der Waals surface area contributed by atoms with E-state index in [4.69, 9.17) is 6.80 Å². The van der Waals surface area contributed by atoms with Crippen molar-refractivity contribution in [3.63, 3.8) is 0 Å². The molecule has 0 aromatic carbocycles. The second-order valence-electron chi connectivity index (χ2n) is 0.0680. The Kier molecular flexibility index (Phi) is 19.9. The summed E-state index contributed by atoms with van der Waals surface area (Å²) in [6, 6.07) is 0. The van der Waals surface area contributed by atoms with E-state index in [0.717, 1.165) is 0 Å². The van der Waals surface area contributed by atoms with Gasteiger partial charge in [0.1, 0.15) is 0 Å². The van der Waals surface area contributed by atoms with E-state index < -0.39 is 18.5 Å². The summed E-state index contributed by atoms with van der Waals surface area (Å²) < 4.78 is 17.0. The van der Waals surface area contributed by atoms with Crippen LogP contribution in [-0.2, 0) is 25.3 Å². The van der Waals surface area contributed by atoms with Gasteiger partial charge in [-0.25, -0.2) is 0 Å². The fourth-order valence-corrected chi connectivity index (χ4v) is 0. The van der Waals surface area contributed by atoms with Crippen molar-refractivity contribution >= 4 is 29.6 Å². The SMILES string of the molecule is [Na].[O]=[Mo]=[O]. The van der Waals surface area contributed by atoms with Gasteiger partial charge >= 0.3 is 25.3 Å². The summed E-state index contributed by atoms with van der Waals surface area (Å²) in [5.74, 6) is 0. The van der Waals surface area contributed by atoms with Crippen molar-refractivity contribution in [2.75, 3.05) is 0 Å². The van der Waals surface area contributed by atoms with Crippen LogP contribution in [0.5, 0.6) is 0 Å². The van der Waals surface area contributed by atoms with E-state index in [1.165, 1.54) is 0 Å². The van der Waals surface area contributed by atoms with Gasteiger partial charge in [-0.05, 0) is 0 Å². The van der Waals surface area contributed by atoms with E-state index in [0.29, 0.717) is 0 Å². The van der Waals surface area contributed by atoms with Crippen LogP contribution in [-0.4, -0.2) is 29.6 Å². The molecule has 0 N–H and O–H groups in total. The summed E-state index contributed by atoms with van der Waals surface area (Å²) in [6.45, 7) is 0. The quantitative estimate of drug-likeness (QED) is 0.432. The van der Waals surface area contributed by atoms with Gasteiger partial charge in [0.05, 0.1) is 0 Å². The van der Waals surface area contributed by atoms with Crippen molar-refractivity contribution in [2.45, 2.75) is 0 Å². The average molecular weight is 151 g/mol. The van der Waals surface area contributed by atoms with Crippen LogP contribution in [0.3, 0.4) is 0 Å². The normalized spacial score (nSPS) is 3.00. The van der Waals surface area contributed by atoms with Gasteiger partial charge in [0.25, 0.3) is 0 Å². The summed E-state index contributed by atoms with van der Waals surface area (Å²) in [5, 5.41) is 0. The minimum atomic E-state index is -2.03. The molecular weight excluding hydrogens is 151 g/mol. The van der Waals surface area contributed by atoms with Crippen molar-refractivity contribution in [2.24, 2.45) is 0 Å². The molecule has 19 valence electrons. The third-order valence-corrected chi connectivity index (χ3v) is 0. The molecule has 0 fully saturated rings. The fourth-order valence-electron chi connectivity index (χ4n) is 0. The molecule has 0 bridgehead atoms. The van der Waals surface area contributed by atoms with Crippen LogP contribution < -0.4 is 0 Å². The van der Waals surface area contributed by atoms with Crippen molar-refractivity contribution < 1.29 is 25.3 Å². The zero-order valence-corrected chi connectivity index (χ0v) is 6.23. The zero-order valence-electron chi connectivity index (χ0n) is 2.22. The molecular formula is MoNaO2. The molecule has 0 rings (SSSR count). The Morgan fingerprint density at radius 2 is 1.25 bits per heavy atom. The summed E-state index contributed by atoms with van der Waals surface area (Å²) in [5.41, 5.74) is 0. The van der Waals surface area contributed by atoms with Gasteiger partial charge in [0.2, 0.25) is 0 Å². The van der Waals surface area contributed by atoms with E-state index in [9.17, 15) is 0 Å². The van der Waals surface area contributed by atoms with Crippen molar-refractivity contribution in [3.8, 4) is 0 Å². The molecule has 4 heavy (non-hydrogen) atoms. The monoisotopic (exact) mass is 153 g/mol. The first-order valence-corrected chi connectivity index (χ1v) is 1.97. The van der Waals surface area contributed by atoms with E-state index in [1.807, 2.05) is 0 Å². The molecule has 0 aromatic rings. The predicted octanol–water partition coefficient (Wildman–Crippen LogP) is -0.621. The second kappa shape index (κ2) is 8.86. The first kappa shape index (κ1) is 8.99. The molecule has 2 nitrogen and oxygen atoms in total. The topological polar surface area (TPSA) is 34.1 Å². The molecule has 0 amide bonds. The molecule has 1 radical (unpaired) electrons. The van der Waals surface area contributed by atoms with Gasteiger partial charge in [-0.3, -0.25) is 0 Å². The van der Waals surface area contributed by atoms with Crippen LogP contribution in [0.15, 0.2) is 0 Å². The Hall–Kier alpha value is 1.29. The van der Waals surface area contributed by atoms with Gasteiger partial charge in [0.15, 0.2) is 0 Å². The molecule has 4 heteroatoms. The van der Waals surface area contributed by atoms with Crippen LogP contribution in [0.2, 0.25) is 0 Å². The Morgan fingerprint density at radius 3 is 1.25 bits per heavy atom. The molecule has 0 heterocycles. The number of hydrogen-bond donors (Lipinski definition) is 0. The van der Waals surface area contributed by atoms with E-state index in [-0.39, 0.29) is 29.6 Å². The van der Waals surface area contributed by atoms with E-state index >= 15 is 0 Å². The van der Waals surface area contributed by atoms with E-state index in [1.54, 1.807) is 0 Å². The van der Waals surface area contributed by atoms with Gasteiger partial charge in [-0.15, -0.1) is 0 Å². The van der Waals surface area contributed by atoms with Crippen molar-refractivity contribution in [1.82, 2.24) is 0 Å². The summed E-state index contributed by atoms with van der Waals surface area (Å²) in [7, 11) is 0. The Labute approximate surface area is 54.4 Å². The van der Waals surface area contributed by atoms with Crippen LogP contribution >= 0.6 is 0 Å². The van der Waals surface area contributed by atoms with Crippen LogP contribution in [0.1, 0.15) is 0 Å². The molecule has 0 aliphatic carbocycles. The molecule has 0 aliphatic rings. The summed E-state index contributed by atoms with van der Waals surface area (Å²) in [6.07, 6.45) is 0. The van der Waals surface area contributed by atoms with Crippen LogP contribution in [0, 0.1) is 0 Å². The maximum absolute atomic E-state index is 8.50. The van der Waals surface area contributed by atoms with Gasteiger partial charge in [-0.2, -0.15) is 0 Å². The Morgan fingerprint density at radius 1 is 1.25 bits per heavy atom. The fraction of sp³-hybridized carbons (Fsp3) is 0. The Bertz CT molecular complexity index is 27.0. The third-order valence-electron chi connectivity index (χ3n) is 0. The second-order valence-corrected chi connectivity index (χ2v) is 0.403. The first-order chi connectivity index (χ1) is 1.41. The van der Waals surface area contributed by atoms with Gasteiger partial charge in [0, 0.05) is 29.6 Å². The van der Waals surface area contributed by atoms with E-state index in [2.05, 4.69) is 0 Å². The van der Waals surface area contributed by atoms with Crippen LogP contribution in [0.25, 0.3) is 0 Å². The number of hydrogen-bond acceptors (Lipinski definition) is 2. The molecule has 0 unspecified atom stereocenters. The maximum atomic E-state index is 8.50. The van der Waals surface area contributed by atoms with Crippen molar-refractivity contribution in [1.29, 1.82) is 0 Å². The van der Waals surface area contributed by atoms with Gasteiger partial charge < -0.3 is 0 Å². The van der Waals surface area contributed by atoms with Crippen LogP contribution in [0.4, 0.5) is 0 Å². The summed E-state index contributed by atoms with van der Waals surface area (Å²) >= 11 is -2.03.